The van der Waals surface area contributed by atoms with E-state index in [2.05, 4.69) is 9.46 Å². The lowest BCUT2D eigenvalue weighted by Gasteiger charge is -2.09. The molecule has 1 aromatic carbocycles. The highest BCUT2D eigenvalue weighted by Gasteiger charge is 2.21. The summed E-state index contributed by atoms with van der Waals surface area (Å²) < 4.78 is 31.5. The van der Waals surface area contributed by atoms with Crippen LogP contribution in [0.3, 0.4) is 0 Å². The molecule has 0 aliphatic rings. The highest BCUT2D eigenvalue weighted by atomic mass is 35.5. The minimum absolute atomic E-state index is 0.0697. The average molecular weight is 376 g/mol. The second kappa shape index (κ2) is 6.57. The van der Waals surface area contributed by atoms with E-state index in [1.165, 1.54) is 17.9 Å². The Hall–Kier alpha value is -2.10. The summed E-state index contributed by atoms with van der Waals surface area (Å²) in [6.45, 7) is 0. The fraction of sp³-hybridized carbons (Fsp3) is 0.0769. The Morgan fingerprint density at radius 2 is 1.96 bits per heavy atom. The zero-order valence-corrected chi connectivity index (χ0v) is 14.0. The molecule has 2 N–H and O–H groups in total. The van der Waals surface area contributed by atoms with Crippen molar-refractivity contribution in [2.75, 3.05) is 11.8 Å². The molecule has 10 heteroatoms. The van der Waals surface area contributed by atoms with Crippen molar-refractivity contribution in [2.24, 2.45) is 0 Å². The summed E-state index contributed by atoms with van der Waals surface area (Å²) in [5.41, 5.74) is -0.0639. The first-order chi connectivity index (χ1) is 10.8. The molecule has 0 radical (unpaired) electrons. The van der Waals surface area contributed by atoms with Crippen LogP contribution in [0.2, 0.25) is 5.02 Å². The smallest absolute Gasteiger partial charge is 0.340 e. The van der Waals surface area contributed by atoms with Crippen LogP contribution in [0.5, 0.6) is 0 Å². The monoisotopic (exact) mass is 375 g/mol. The number of carboxylic acids is 1. The minimum atomic E-state index is -4.04. The third kappa shape index (κ3) is 3.63. The number of carbonyl (C=O) groups is 2. The molecule has 0 atom stereocenters. The van der Waals surface area contributed by atoms with Crippen molar-refractivity contribution in [3.63, 3.8) is 0 Å². The Morgan fingerprint density at radius 3 is 2.52 bits per heavy atom. The first-order valence-electron chi connectivity index (χ1n) is 5.96. The van der Waals surface area contributed by atoms with Gasteiger partial charge < -0.3 is 9.84 Å². The van der Waals surface area contributed by atoms with Gasteiger partial charge in [0.05, 0.1) is 33.8 Å². The molecule has 0 spiro atoms. The number of thiophene rings is 1. The lowest BCUT2D eigenvalue weighted by molar-refractivity contribution is 0.0601. The summed E-state index contributed by atoms with van der Waals surface area (Å²) >= 11 is 6.90. The molecule has 0 aliphatic heterocycles. The third-order valence-electron chi connectivity index (χ3n) is 2.79. The van der Waals surface area contributed by atoms with Gasteiger partial charge in [-0.15, -0.1) is 11.3 Å². The Morgan fingerprint density at radius 1 is 1.26 bits per heavy atom. The van der Waals surface area contributed by atoms with Crippen LogP contribution in [0, 0.1) is 0 Å². The van der Waals surface area contributed by atoms with Gasteiger partial charge in [-0.3, -0.25) is 4.72 Å². The highest BCUT2D eigenvalue weighted by Crippen LogP contribution is 2.27. The van der Waals surface area contributed by atoms with E-state index in [9.17, 15) is 18.0 Å². The third-order valence-corrected chi connectivity index (χ3v) is 5.21. The number of hydrogen-bond donors (Lipinski definition) is 2. The van der Waals surface area contributed by atoms with E-state index in [-0.39, 0.29) is 26.7 Å². The number of rotatable bonds is 5. The van der Waals surface area contributed by atoms with E-state index < -0.39 is 22.0 Å². The van der Waals surface area contributed by atoms with Crippen LogP contribution in [0.15, 0.2) is 33.9 Å². The number of carbonyl (C=O) groups excluding carboxylic acids is 1. The summed E-state index contributed by atoms with van der Waals surface area (Å²) in [6, 6.07) is 3.23. The van der Waals surface area contributed by atoms with Gasteiger partial charge in [0, 0.05) is 10.8 Å². The van der Waals surface area contributed by atoms with E-state index >= 15 is 0 Å². The second-order valence-corrected chi connectivity index (χ2v) is 7.08. The molecule has 2 rings (SSSR count). The number of aromatic carboxylic acids is 1. The van der Waals surface area contributed by atoms with Gasteiger partial charge in [-0.25, -0.2) is 18.0 Å². The maximum atomic E-state index is 12.3. The number of halogens is 1. The maximum Gasteiger partial charge on any atom is 0.340 e. The molecule has 0 bridgehead atoms. The molecule has 1 heterocycles. The molecule has 23 heavy (non-hydrogen) atoms. The predicted molar refractivity (Wildman–Crippen MR) is 84.9 cm³/mol. The highest BCUT2D eigenvalue weighted by molar-refractivity contribution is 7.92. The lowest BCUT2D eigenvalue weighted by Crippen LogP contribution is -2.15. The number of methoxy groups -OCH3 is 1. The average Bonchev–Trinajstić information content (AvgIpc) is 2.93. The topological polar surface area (TPSA) is 110 Å². The van der Waals surface area contributed by atoms with Gasteiger partial charge in [0.25, 0.3) is 10.0 Å². The molecular formula is C13H10ClNO6S2. The summed E-state index contributed by atoms with van der Waals surface area (Å²) in [7, 11) is -2.86. The standard InChI is InChI=1S/C13H10ClNO6S2/c1-21-13(18)9-5-22-6-11(9)15-23(19,20)7-2-3-8(12(16)17)10(14)4-7/h2-6,15H,1H3,(H,16,17). The van der Waals surface area contributed by atoms with Crippen molar-refractivity contribution in [3.05, 3.63) is 45.1 Å². The maximum absolute atomic E-state index is 12.3. The molecule has 122 valence electrons. The Labute approximate surface area is 140 Å². The SMILES string of the molecule is COC(=O)c1cscc1NS(=O)(=O)c1ccc(C(=O)O)c(Cl)c1. The summed E-state index contributed by atoms with van der Waals surface area (Å²) in [5.74, 6) is -1.94. The molecule has 7 nitrogen and oxygen atoms in total. The molecule has 0 saturated heterocycles. The number of ether oxygens (including phenoxy) is 1. The molecule has 0 unspecified atom stereocenters. The van der Waals surface area contributed by atoms with Crippen LogP contribution >= 0.6 is 22.9 Å². The van der Waals surface area contributed by atoms with E-state index in [1.807, 2.05) is 0 Å². The molecule has 0 amide bonds. The first-order valence-corrected chi connectivity index (χ1v) is 8.77. The Bertz CT molecular complexity index is 874. The van der Waals surface area contributed by atoms with E-state index in [0.29, 0.717) is 0 Å². The number of benzene rings is 1. The van der Waals surface area contributed by atoms with Gasteiger partial charge in [0.1, 0.15) is 0 Å². The van der Waals surface area contributed by atoms with Crippen LogP contribution in [-0.4, -0.2) is 32.6 Å². The van der Waals surface area contributed by atoms with Crippen molar-refractivity contribution in [3.8, 4) is 0 Å². The first kappa shape index (κ1) is 17.3. The molecule has 1 aromatic heterocycles. The van der Waals surface area contributed by atoms with Crippen LogP contribution in [0.25, 0.3) is 0 Å². The number of anilines is 1. The van der Waals surface area contributed by atoms with Gasteiger partial charge in [-0.05, 0) is 18.2 Å². The van der Waals surface area contributed by atoms with Crippen LogP contribution in [0.1, 0.15) is 20.7 Å². The Balaban J connectivity index is 2.37. The number of sulfonamides is 1. The van der Waals surface area contributed by atoms with Gasteiger partial charge >= 0.3 is 11.9 Å². The van der Waals surface area contributed by atoms with Gasteiger partial charge in [0.15, 0.2) is 0 Å². The second-order valence-electron chi connectivity index (χ2n) is 4.24. The number of carboxylic acid groups (broad SMARTS) is 1. The molecule has 2 aromatic rings. The van der Waals surface area contributed by atoms with Crippen LogP contribution in [-0.2, 0) is 14.8 Å². The molecule has 0 aliphatic carbocycles. The van der Waals surface area contributed by atoms with Gasteiger partial charge in [-0.1, -0.05) is 11.6 Å². The van der Waals surface area contributed by atoms with E-state index in [4.69, 9.17) is 16.7 Å². The summed E-state index contributed by atoms with van der Waals surface area (Å²) in [6.07, 6.45) is 0. The normalized spacial score (nSPS) is 11.0. The molecule has 0 saturated carbocycles. The predicted octanol–water partition coefficient (Wildman–Crippen LogP) is 2.69. The fourth-order valence-corrected chi connectivity index (χ4v) is 3.93. The molecular weight excluding hydrogens is 366 g/mol. The Kier molecular flexibility index (Phi) is 4.93. The fourth-order valence-electron chi connectivity index (χ4n) is 1.68. The van der Waals surface area contributed by atoms with Crippen molar-refractivity contribution in [1.29, 1.82) is 0 Å². The lowest BCUT2D eigenvalue weighted by atomic mass is 10.2. The minimum Gasteiger partial charge on any atom is -0.478 e. The summed E-state index contributed by atoms with van der Waals surface area (Å²) in [5, 5.41) is 11.6. The van der Waals surface area contributed by atoms with E-state index in [0.717, 1.165) is 29.5 Å². The largest absolute Gasteiger partial charge is 0.478 e. The van der Waals surface area contributed by atoms with Crippen molar-refractivity contribution in [1.82, 2.24) is 0 Å². The summed E-state index contributed by atoms with van der Waals surface area (Å²) in [4.78, 5) is 22.2. The van der Waals surface area contributed by atoms with E-state index in [1.54, 1.807) is 0 Å². The van der Waals surface area contributed by atoms with Gasteiger partial charge in [-0.2, -0.15) is 0 Å². The van der Waals surface area contributed by atoms with Crippen molar-refractivity contribution >= 4 is 50.6 Å². The number of nitrogens with one attached hydrogen (secondary N) is 1. The van der Waals surface area contributed by atoms with Crippen LogP contribution in [0.4, 0.5) is 5.69 Å². The van der Waals surface area contributed by atoms with Crippen LogP contribution < -0.4 is 4.72 Å². The zero-order chi connectivity index (χ0) is 17.2. The number of esters is 1. The van der Waals surface area contributed by atoms with Gasteiger partial charge in [0.2, 0.25) is 0 Å². The van der Waals surface area contributed by atoms with Crippen molar-refractivity contribution in [2.45, 2.75) is 4.90 Å². The number of hydrogen-bond acceptors (Lipinski definition) is 6. The zero-order valence-electron chi connectivity index (χ0n) is 11.6. The molecule has 0 fully saturated rings. The van der Waals surface area contributed by atoms with Crippen molar-refractivity contribution < 1.29 is 27.9 Å². The quantitative estimate of drug-likeness (QED) is 0.777.